The van der Waals surface area contributed by atoms with Crippen molar-refractivity contribution in [2.75, 3.05) is 26.3 Å². The Labute approximate surface area is 237 Å². The van der Waals surface area contributed by atoms with Gasteiger partial charge in [-0.2, -0.15) is 13.2 Å². The van der Waals surface area contributed by atoms with Gasteiger partial charge in [-0.15, -0.1) is 0 Å². The third kappa shape index (κ3) is 6.15. The standard InChI is InChI=1S/C34H33F4NO2/c1-21-16-31(34(36,37)38)22(2)15-30(21)29-6-3-5-26-18-27(33(40)41)11-12-28(26)32(29)25-9-7-23(8-10-25)17-24-19-39(20-24)14-4-13-35/h7-12,15-18H,3-6,13-14,19-20H2,1-2H3,(H,40,41). The van der Waals surface area contributed by atoms with Crippen LogP contribution in [0.3, 0.4) is 0 Å². The molecule has 1 aliphatic heterocycles. The van der Waals surface area contributed by atoms with Crippen LogP contribution in [0.1, 0.15) is 74.1 Å². The summed E-state index contributed by atoms with van der Waals surface area (Å²) in [5.74, 6) is -0.992. The van der Waals surface area contributed by atoms with Crippen LogP contribution < -0.4 is 0 Å². The molecule has 2 aliphatic rings. The lowest BCUT2D eigenvalue weighted by atomic mass is 9.84. The van der Waals surface area contributed by atoms with Gasteiger partial charge in [0.15, 0.2) is 0 Å². The predicted octanol–water partition coefficient (Wildman–Crippen LogP) is 8.37. The van der Waals surface area contributed by atoms with Gasteiger partial charge < -0.3 is 5.11 Å². The van der Waals surface area contributed by atoms with Crippen LogP contribution in [-0.2, 0) is 12.6 Å². The fraction of sp³-hybridized carbons (Fsp3) is 0.324. The zero-order valence-electron chi connectivity index (χ0n) is 23.2. The summed E-state index contributed by atoms with van der Waals surface area (Å²) >= 11 is 0. The molecule has 3 aromatic carbocycles. The first-order chi connectivity index (χ1) is 19.5. The first-order valence-corrected chi connectivity index (χ1v) is 13.9. The van der Waals surface area contributed by atoms with Crippen LogP contribution in [0, 0.1) is 13.8 Å². The van der Waals surface area contributed by atoms with Crippen LogP contribution in [-0.4, -0.2) is 42.3 Å². The molecule has 0 saturated carbocycles. The molecular formula is C34H33F4NO2. The van der Waals surface area contributed by atoms with Gasteiger partial charge in [-0.1, -0.05) is 42.5 Å². The molecule has 41 heavy (non-hydrogen) atoms. The second kappa shape index (κ2) is 11.6. The number of carboxylic acids is 1. The van der Waals surface area contributed by atoms with E-state index in [-0.39, 0.29) is 17.8 Å². The molecule has 3 aromatic rings. The summed E-state index contributed by atoms with van der Waals surface area (Å²) in [7, 11) is 0. The number of likely N-dealkylation sites (tertiary alicyclic amines) is 1. The molecule has 1 N–H and O–H groups in total. The molecule has 1 aliphatic carbocycles. The van der Waals surface area contributed by atoms with Crippen molar-refractivity contribution in [3.63, 3.8) is 0 Å². The highest BCUT2D eigenvalue weighted by atomic mass is 19.4. The Morgan fingerprint density at radius 3 is 2.34 bits per heavy atom. The summed E-state index contributed by atoms with van der Waals surface area (Å²) in [6.45, 7) is 5.35. The van der Waals surface area contributed by atoms with Crippen molar-refractivity contribution in [2.45, 2.75) is 45.7 Å². The molecule has 0 spiro atoms. The molecule has 3 nitrogen and oxygen atoms in total. The van der Waals surface area contributed by atoms with E-state index in [9.17, 15) is 27.5 Å². The predicted molar refractivity (Wildman–Crippen MR) is 155 cm³/mol. The van der Waals surface area contributed by atoms with Crippen molar-refractivity contribution in [1.82, 2.24) is 4.90 Å². The molecule has 1 saturated heterocycles. The molecule has 214 valence electrons. The third-order valence-electron chi connectivity index (χ3n) is 8.03. The Balaban J connectivity index is 1.60. The first kappa shape index (κ1) is 28.8. The highest BCUT2D eigenvalue weighted by Gasteiger charge is 2.33. The maximum atomic E-state index is 13.7. The lowest BCUT2D eigenvalue weighted by Gasteiger charge is -2.33. The van der Waals surface area contributed by atoms with Gasteiger partial charge in [0.2, 0.25) is 0 Å². The Bertz CT molecular complexity index is 1530. The SMILES string of the molecule is Cc1cc(C(F)(F)F)c(C)cc1C1=C(c2ccc(C=C3CN(CCCF)C3)cc2)c2ccc(C(=O)O)cc2CCC1. The van der Waals surface area contributed by atoms with E-state index in [0.717, 1.165) is 65.0 Å². The van der Waals surface area contributed by atoms with Gasteiger partial charge in [-0.3, -0.25) is 9.29 Å². The topological polar surface area (TPSA) is 40.5 Å². The number of nitrogens with zero attached hydrogens (tertiary/aromatic N) is 1. The summed E-state index contributed by atoms with van der Waals surface area (Å²) < 4.78 is 53.4. The minimum absolute atomic E-state index is 0.179. The third-order valence-corrected chi connectivity index (χ3v) is 8.03. The number of aromatic carboxylic acids is 1. The number of allylic oxidation sites excluding steroid dienone is 1. The molecule has 7 heteroatoms. The molecule has 0 amide bonds. The second-order valence-electron chi connectivity index (χ2n) is 11.0. The van der Waals surface area contributed by atoms with Crippen LogP contribution in [0.5, 0.6) is 0 Å². The zero-order chi connectivity index (χ0) is 29.3. The van der Waals surface area contributed by atoms with Crippen LogP contribution in [0.15, 0.2) is 60.2 Å². The normalized spacial score (nSPS) is 15.8. The van der Waals surface area contributed by atoms with E-state index in [2.05, 4.69) is 11.0 Å². The number of rotatable bonds is 7. The van der Waals surface area contributed by atoms with Crippen molar-refractivity contribution in [1.29, 1.82) is 0 Å². The minimum Gasteiger partial charge on any atom is -0.478 e. The van der Waals surface area contributed by atoms with E-state index in [4.69, 9.17) is 0 Å². The quantitative estimate of drug-likeness (QED) is 0.294. The highest BCUT2D eigenvalue weighted by molar-refractivity contribution is 6.01. The van der Waals surface area contributed by atoms with Gasteiger partial charge in [-0.25, -0.2) is 4.79 Å². The van der Waals surface area contributed by atoms with Crippen LogP contribution in [0.4, 0.5) is 17.6 Å². The number of benzene rings is 3. The van der Waals surface area contributed by atoms with Crippen molar-refractivity contribution in [3.05, 3.63) is 110 Å². The van der Waals surface area contributed by atoms with Crippen molar-refractivity contribution < 1.29 is 27.5 Å². The molecule has 0 bridgehead atoms. The monoisotopic (exact) mass is 563 g/mol. The van der Waals surface area contributed by atoms with Crippen molar-refractivity contribution in [3.8, 4) is 0 Å². The zero-order valence-corrected chi connectivity index (χ0v) is 23.2. The minimum atomic E-state index is -4.43. The number of alkyl halides is 4. The van der Waals surface area contributed by atoms with Gasteiger partial charge in [0.1, 0.15) is 0 Å². The highest BCUT2D eigenvalue weighted by Crippen LogP contribution is 2.43. The fourth-order valence-corrected chi connectivity index (χ4v) is 6.01. The molecule has 0 atom stereocenters. The van der Waals surface area contributed by atoms with Gasteiger partial charge in [0.25, 0.3) is 0 Å². The maximum absolute atomic E-state index is 13.7. The Morgan fingerprint density at radius 2 is 1.68 bits per heavy atom. The molecule has 0 aromatic heterocycles. The summed E-state index contributed by atoms with van der Waals surface area (Å²) in [5, 5.41) is 9.59. The van der Waals surface area contributed by atoms with E-state index in [1.807, 2.05) is 30.3 Å². The summed E-state index contributed by atoms with van der Waals surface area (Å²) in [5.41, 5.74) is 8.11. The lowest BCUT2D eigenvalue weighted by Crippen LogP contribution is -2.40. The number of hydrogen-bond donors (Lipinski definition) is 1. The van der Waals surface area contributed by atoms with E-state index in [1.54, 1.807) is 25.1 Å². The summed E-state index contributed by atoms with van der Waals surface area (Å²) in [6, 6.07) is 16.2. The fourth-order valence-electron chi connectivity index (χ4n) is 6.01. The summed E-state index contributed by atoms with van der Waals surface area (Å²) in [4.78, 5) is 13.9. The summed E-state index contributed by atoms with van der Waals surface area (Å²) in [6.07, 6.45) is 0.339. The van der Waals surface area contributed by atoms with Gasteiger partial charge in [0, 0.05) is 19.6 Å². The smallest absolute Gasteiger partial charge is 0.416 e. The van der Waals surface area contributed by atoms with Crippen LogP contribution in [0.2, 0.25) is 0 Å². The molecule has 5 rings (SSSR count). The van der Waals surface area contributed by atoms with Gasteiger partial charge in [-0.05, 0) is 113 Å². The van der Waals surface area contributed by atoms with Gasteiger partial charge >= 0.3 is 12.1 Å². The largest absolute Gasteiger partial charge is 0.478 e. The molecule has 0 radical (unpaired) electrons. The lowest BCUT2D eigenvalue weighted by molar-refractivity contribution is -0.138. The Morgan fingerprint density at radius 1 is 0.951 bits per heavy atom. The second-order valence-corrected chi connectivity index (χ2v) is 11.0. The first-order valence-electron chi connectivity index (χ1n) is 13.9. The van der Waals surface area contributed by atoms with Crippen LogP contribution in [0.25, 0.3) is 17.2 Å². The number of hydrogen-bond acceptors (Lipinski definition) is 2. The number of carboxylic acid groups (broad SMARTS) is 1. The van der Waals surface area contributed by atoms with Crippen molar-refractivity contribution >= 4 is 23.2 Å². The molecule has 1 heterocycles. The molecule has 0 unspecified atom stereocenters. The van der Waals surface area contributed by atoms with Gasteiger partial charge in [0.05, 0.1) is 17.8 Å². The number of carbonyl (C=O) groups is 1. The molecular weight excluding hydrogens is 530 g/mol. The number of fused-ring (bicyclic) bond motifs is 1. The maximum Gasteiger partial charge on any atom is 0.416 e. The Hall–Kier alpha value is -3.71. The Kier molecular flexibility index (Phi) is 8.18. The van der Waals surface area contributed by atoms with E-state index in [0.29, 0.717) is 24.8 Å². The molecule has 1 fully saturated rings. The van der Waals surface area contributed by atoms with E-state index in [1.165, 1.54) is 18.6 Å². The van der Waals surface area contributed by atoms with E-state index < -0.39 is 17.7 Å². The van der Waals surface area contributed by atoms with Crippen molar-refractivity contribution in [2.24, 2.45) is 0 Å². The average Bonchev–Trinajstić information content (AvgIpc) is 3.09. The van der Waals surface area contributed by atoms with Crippen LogP contribution >= 0.6 is 0 Å². The number of aryl methyl sites for hydroxylation is 3. The number of halogens is 4. The average molecular weight is 564 g/mol. The van der Waals surface area contributed by atoms with E-state index >= 15 is 0 Å².